The lowest BCUT2D eigenvalue weighted by Gasteiger charge is -2.26. The Balaban J connectivity index is 1.94. The summed E-state index contributed by atoms with van der Waals surface area (Å²) < 4.78 is 30.3. The van der Waals surface area contributed by atoms with Crippen LogP contribution in [0, 0.1) is 5.82 Å². The summed E-state index contributed by atoms with van der Waals surface area (Å²) in [4.78, 5) is 0. The molecule has 3 aromatic rings. The van der Waals surface area contributed by atoms with E-state index in [1.54, 1.807) is 42.6 Å². The molecule has 118 valence electrons. The lowest BCUT2D eigenvalue weighted by Crippen LogP contribution is -2.29. The van der Waals surface area contributed by atoms with Crippen molar-refractivity contribution in [3.05, 3.63) is 82.9 Å². The van der Waals surface area contributed by atoms with E-state index in [0.29, 0.717) is 16.1 Å². The Bertz CT molecular complexity index is 758. The quantitative estimate of drug-likeness (QED) is 0.701. The van der Waals surface area contributed by atoms with Crippen molar-refractivity contribution in [2.24, 2.45) is 0 Å². The largest absolute Gasteiger partial charge is 0.249 e. The maximum atomic E-state index is 15.8. The third-order valence-electron chi connectivity index (χ3n) is 3.64. The summed E-state index contributed by atoms with van der Waals surface area (Å²) in [6, 6.07) is 12.4. The van der Waals surface area contributed by atoms with E-state index in [1.165, 1.54) is 23.0 Å². The molecule has 3 rings (SSSR count). The van der Waals surface area contributed by atoms with Crippen LogP contribution in [0.2, 0.25) is 5.02 Å². The molecule has 23 heavy (non-hydrogen) atoms. The van der Waals surface area contributed by atoms with Gasteiger partial charge in [-0.25, -0.2) is 13.5 Å². The third kappa shape index (κ3) is 3.74. The molecule has 0 aliphatic carbocycles. The zero-order valence-electron chi connectivity index (χ0n) is 12.2. The smallest absolute Gasteiger partial charge is 0.159 e. The first-order chi connectivity index (χ1) is 11.0. The molecule has 0 spiro atoms. The van der Waals surface area contributed by atoms with Crippen LogP contribution >= 0.6 is 11.6 Å². The third-order valence-corrected chi connectivity index (χ3v) is 3.90. The number of aromatic nitrogens is 3. The molecule has 0 radical (unpaired) electrons. The van der Waals surface area contributed by atoms with Crippen molar-refractivity contribution < 1.29 is 8.78 Å². The van der Waals surface area contributed by atoms with Gasteiger partial charge in [-0.2, -0.15) is 0 Å². The number of nitrogens with zero attached hydrogens (tertiary/aromatic N) is 3. The monoisotopic (exact) mass is 333 g/mol. The molecule has 0 aliphatic heterocycles. The van der Waals surface area contributed by atoms with Gasteiger partial charge in [0.1, 0.15) is 5.82 Å². The molecule has 0 fully saturated rings. The molecule has 3 nitrogen and oxygen atoms in total. The highest BCUT2D eigenvalue weighted by atomic mass is 35.5. The molecule has 1 unspecified atom stereocenters. The van der Waals surface area contributed by atoms with Crippen molar-refractivity contribution in [3.8, 4) is 0 Å². The molecule has 0 bridgehead atoms. The normalized spacial score (nSPS) is 13.7. The van der Waals surface area contributed by atoms with Crippen LogP contribution in [-0.4, -0.2) is 15.0 Å². The highest BCUT2D eigenvalue weighted by molar-refractivity contribution is 6.30. The van der Waals surface area contributed by atoms with Gasteiger partial charge >= 0.3 is 0 Å². The molecule has 6 heteroatoms. The van der Waals surface area contributed by atoms with E-state index in [1.807, 2.05) is 0 Å². The predicted octanol–water partition coefficient (Wildman–Crippen LogP) is 4.18. The molecular formula is C17H14ClF2N3. The van der Waals surface area contributed by atoms with Crippen molar-refractivity contribution in [2.45, 2.75) is 18.6 Å². The molecule has 0 aliphatic rings. The Labute approximate surface area is 137 Å². The summed E-state index contributed by atoms with van der Waals surface area (Å²) >= 11 is 5.89. The van der Waals surface area contributed by atoms with Crippen molar-refractivity contribution in [1.82, 2.24) is 15.0 Å². The highest BCUT2D eigenvalue weighted by Crippen LogP contribution is 2.33. The minimum Gasteiger partial charge on any atom is -0.249 e. The Morgan fingerprint density at radius 1 is 1.04 bits per heavy atom. The molecule has 0 saturated heterocycles. The van der Waals surface area contributed by atoms with Gasteiger partial charge in [0, 0.05) is 17.6 Å². The van der Waals surface area contributed by atoms with Crippen molar-refractivity contribution in [2.75, 3.05) is 0 Å². The first-order valence-electron chi connectivity index (χ1n) is 7.09. The average Bonchev–Trinajstić information content (AvgIpc) is 3.03. The maximum Gasteiger partial charge on any atom is 0.159 e. The number of hydrogen-bond acceptors (Lipinski definition) is 2. The first kappa shape index (κ1) is 15.6. The van der Waals surface area contributed by atoms with Gasteiger partial charge in [-0.05, 0) is 35.4 Å². The molecule has 2 aromatic carbocycles. The fraction of sp³-hybridized carbons (Fsp3) is 0.176. The number of alkyl halides is 1. The van der Waals surface area contributed by atoms with Crippen molar-refractivity contribution >= 4 is 11.6 Å². The number of rotatable bonds is 5. The van der Waals surface area contributed by atoms with E-state index in [-0.39, 0.29) is 18.8 Å². The van der Waals surface area contributed by atoms with Gasteiger partial charge in [0.15, 0.2) is 5.67 Å². The second-order valence-corrected chi connectivity index (χ2v) is 5.81. The van der Waals surface area contributed by atoms with Crippen LogP contribution in [0.25, 0.3) is 0 Å². The second-order valence-electron chi connectivity index (χ2n) is 5.38. The van der Waals surface area contributed by atoms with Gasteiger partial charge in [-0.15, -0.1) is 5.10 Å². The van der Waals surface area contributed by atoms with Crippen LogP contribution in [0.3, 0.4) is 0 Å². The van der Waals surface area contributed by atoms with E-state index < -0.39 is 5.67 Å². The predicted molar refractivity (Wildman–Crippen MR) is 84.4 cm³/mol. The van der Waals surface area contributed by atoms with Crippen LogP contribution in [-0.2, 0) is 18.6 Å². The number of halogens is 3. The fourth-order valence-corrected chi connectivity index (χ4v) is 2.62. The van der Waals surface area contributed by atoms with E-state index in [0.717, 1.165) is 0 Å². The van der Waals surface area contributed by atoms with Crippen LogP contribution in [0.15, 0.2) is 60.9 Å². The van der Waals surface area contributed by atoms with E-state index in [4.69, 9.17) is 11.6 Å². The SMILES string of the molecule is Fc1ccc(CC(F)(Cn2ccnn2)c2ccc(Cl)cc2)cc1. The van der Waals surface area contributed by atoms with E-state index in [9.17, 15) is 4.39 Å². The van der Waals surface area contributed by atoms with Gasteiger partial charge in [0.05, 0.1) is 12.7 Å². The molecule has 1 aromatic heterocycles. The average molecular weight is 334 g/mol. The molecular weight excluding hydrogens is 320 g/mol. The Kier molecular flexibility index (Phi) is 4.39. The van der Waals surface area contributed by atoms with Gasteiger partial charge in [0.25, 0.3) is 0 Å². The molecule has 0 saturated carbocycles. The highest BCUT2D eigenvalue weighted by Gasteiger charge is 2.33. The van der Waals surface area contributed by atoms with Crippen LogP contribution in [0.4, 0.5) is 8.78 Å². The Hall–Kier alpha value is -2.27. The zero-order valence-corrected chi connectivity index (χ0v) is 12.9. The minimum absolute atomic E-state index is 0.00596. The summed E-state index contributed by atoms with van der Waals surface area (Å²) in [5.41, 5.74) is -0.526. The van der Waals surface area contributed by atoms with Crippen LogP contribution in [0.5, 0.6) is 0 Å². The summed E-state index contributed by atoms with van der Waals surface area (Å²) in [5, 5.41) is 8.09. The topological polar surface area (TPSA) is 30.7 Å². The standard InChI is InChI=1S/C17H14ClF2N3/c18-15-5-3-14(4-6-15)17(20,12-23-10-9-21-22-23)11-13-1-7-16(19)8-2-13/h1-10H,11-12H2. The first-order valence-corrected chi connectivity index (χ1v) is 7.46. The molecule has 0 amide bonds. The fourth-order valence-electron chi connectivity index (χ4n) is 2.50. The molecule has 1 heterocycles. The summed E-state index contributed by atoms with van der Waals surface area (Å²) in [7, 11) is 0. The lowest BCUT2D eigenvalue weighted by atomic mass is 9.88. The van der Waals surface area contributed by atoms with Gasteiger partial charge in [0.2, 0.25) is 0 Å². The van der Waals surface area contributed by atoms with Gasteiger partial charge in [-0.1, -0.05) is 41.1 Å². The number of benzene rings is 2. The second kappa shape index (κ2) is 6.46. The van der Waals surface area contributed by atoms with Gasteiger partial charge < -0.3 is 0 Å². The summed E-state index contributed by atoms with van der Waals surface area (Å²) in [6.45, 7) is 0.00596. The zero-order chi connectivity index (χ0) is 16.3. The van der Waals surface area contributed by atoms with Crippen LogP contribution < -0.4 is 0 Å². The summed E-state index contributed by atoms with van der Waals surface area (Å²) in [5.74, 6) is -0.346. The van der Waals surface area contributed by atoms with Gasteiger partial charge in [-0.3, -0.25) is 0 Å². The number of hydrogen-bond donors (Lipinski definition) is 0. The molecule has 1 atom stereocenters. The molecule has 0 N–H and O–H groups in total. The van der Waals surface area contributed by atoms with E-state index >= 15 is 4.39 Å². The Morgan fingerprint density at radius 2 is 1.74 bits per heavy atom. The lowest BCUT2D eigenvalue weighted by molar-refractivity contribution is 0.129. The summed E-state index contributed by atoms with van der Waals surface area (Å²) in [6.07, 6.45) is 3.20. The maximum absolute atomic E-state index is 15.8. The van der Waals surface area contributed by atoms with Crippen LogP contribution in [0.1, 0.15) is 11.1 Å². The minimum atomic E-state index is -1.71. The van der Waals surface area contributed by atoms with Crippen molar-refractivity contribution in [1.29, 1.82) is 0 Å². The Morgan fingerprint density at radius 3 is 2.35 bits per heavy atom. The van der Waals surface area contributed by atoms with Crippen molar-refractivity contribution in [3.63, 3.8) is 0 Å². The van der Waals surface area contributed by atoms with E-state index in [2.05, 4.69) is 10.3 Å².